The van der Waals surface area contributed by atoms with Crippen molar-refractivity contribution in [3.8, 4) is 11.5 Å². The molecule has 156 valence electrons. The maximum absolute atomic E-state index is 13.6. The zero-order valence-electron chi connectivity index (χ0n) is 17.0. The first kappa shape index (κ1) is 20.2. The summed E-state index contributed by atoms with van der Waals surface area (Å²) in [5, 5.41) is 12.0. The summed E-state index contributed by atoms with van der Waals surface area (Å²) in [6.45, 7) is 2.88. The third kappa shape index (κ3) is 4.74. The van der Waals surface area contributed by atoms with E-state index in [4.69, 9.17) is 9.47 Å². The molecule has 0 fully saturated rings. The highest BCUT2D eigenvalue weighted by Crippen LogP contribution is 2.29. The molecular weight excluding hydrogens is 381 g/mol. The number of aliphatic hydroxyl groups is 1. The number of aromatic amines is 1. The molecule has 0 amide bonds. The van der Waals surface area contributed by atoms with Crippen molar-refractivity contribution in [2.45, 2.75) is 32.3 Å². The van der Waals surface area contributed by atoms with Gasteiger partial charge in [-0.05, 0) is 74.2 Å². The van der Waals surface area contributed by atoms with Crippen LogP contribution < -0.4 is 9.47 Å². The minimum atomic E-state index is -0.542. The standard InChI is InChI=1S/C25H26FNO3/c1-17-6-2-3-8-25(17)29-13-5-4-7-19(28)16-30-20-10-12-24-22(15-20)21-14-18(26)9-11-23(21)27-24/h2-3,6,8-12,14-15,19,27-28H,4-5,7,13,16H2,1H3. The minimum Gasteiger partial charge on any atom is -0.493 e. The van der Waals surface area contributed by atoms with E-state index in [1.165, 1.54) is 12.1 Å². The highest BCUT2D eigenvalue weighted by Gasteiger charge is 2.09. The van der Waals surface area contributed by atoms with Gasteiger partial charge in [0.25, 0.3) is 0 Å². The second kappa shape index (κ2) is 9.18. The molecule has 0 aliphatic rings. The summed E-state index contributed by atoms with van der Waals surface area (Å²) < 4.78 is 25.2. The summed E-state index contributed by atoms with van der Waals surface area (Å²) in [5.74, 6) is 1.31. The van der Waals surface area contributed by atoms with Crippen molar-refractivity contribution < 1.29 is 19.0 Å². The van der Waals surface area contributed by atoms with Gasteiger partial charge in [0, 0.05) is 21.8 Å². The van der Waals surface area contributed by atoms with E-state index < -0.39 is 6.10 Å². The van der Waals surface area contributed by atoms with Gasteiger partial charge < -0.3 is 19.6 Å². The first-order chi connectivity index (χ1) is 14.6. The van der Waals surface area contributed by atoms with Crippen LogP contribution in [0, 0.1) is 12.7 Å². The number of para-hydroxylation sites is 1. The van der Waals surface area contributed by atoms with Crippen LogP contribution in [0.5, 0.6) is 11.5 Å². The number of unbranched alkanes of at least 4 members (excludes halogenated alkanes) is 1. The van der Waals surface area contributed by atoms with E-state index >= 15 is 0 Å². The van der Waals surface area contributed by atoms with E-state index in [0.717, 1.165) is 46.0 Å². The largest absolute Gasteiger partial charge is 0.493 e. The van der Waals surface area contributed by atoms with Gasteiger partial charge in [-0.25, -0.2) is 4.39 Å². The summed E-state index contributed by atoms with van der Waals surface area (Å²) in [5.41, 5.74) is 2.94. The fourth-order valence-corrected chi connectivity index (χ4v) is 3.60. The van der Waals surface area contributed by atoms with E-state index in [2.05, 4.69) is 4.98 Å². The summed E-state index contributed by atoms with van der Waals surface area (Å²) in [6, 6.07) is 18.3. The van der Waals surface area contributed by atoms with Gasteiger partial charge in [-0.2, -0.15) is 0 Å². The second-order valence-electron chi connectivity index (χ2n) is 7.60. The maximum Gasteiger partial charge on any atom is 0.123 e. The number of aryl methyl sites for hydroxylation is 1. The van der Waals surface area contributed by atoms with E-state index in [9.17, 15) is 9.50 Å². The lowest BCUT2D eigenvalue weighted by molar-refractivity contribution is 0.0965. The highest BCUT2D eigenvalue weighted by molar-refractivity contribution is 6.07. The average molecular weight is 407 g/mol. The molecule has 0 saturated heterocycles. The van der Waals surface area contributed by atoms with Gasteiger partial charge >= 0.3 is 0 Å². The Hall–Kier alpha value is -3.05. The predicted molar refractivity (Wildman–Crippen MR) is 118 cm³/mol. The lowest BCUT2D eigenvalue weighted by Crippen LogP contribution is -2.17. The molecule has 5 heteroatoms. The molecule has 0 aliphatic carbocycles. The predicted octanol–water partition coefficient (Wildman–Crippen LogP) is 5.76. The van der Waals surface area contributed by atoms with Crippen LogP contribution in [0.15, 0.2) is 60.7 Å². The highest BCUT2D eigenvalue weighted by atomic mass is 19.1. The molecule has 4 nitrogen and oxygen atoms in total. The zero-order chi connectivity index (χ0) is 20.9. The first-order valence-corrected chi connectivity index (χ1v) is 10.3. The number of nitrogens with one attached hydrogen (secondary N) is 1. The van der Waals surface area contributed by atoms with Crippen LogP contribution in [0.2, 0.25) is 0 Å². The lowest BCUT2D eigenvalue weighted by Gasteiger charge is -2.13. The Balaban J connectivity index is 1.25. The van der Waals surface area contributed by atoms with Crippen molar-refractivity contribution >= 4 is 21.8 Å². The quantitative estimate of drug-likeness (QED) is 0.347. The smallest absolute Gasteiger partial charge is 0.123 e. The van der Waals surface area contributed by atoms with Gasteiger partial charge in [0.2, 0.25) is 0 Å². The topological polar surface area (TPSA) is 54.5 Å². The number of ether oxygens (including phenoxy) is 2. The molecule has 0 aliphatic heterocycles. The normalized spacial score (nSPS) is 12.4. The Morgan fingerprint density at radius 3 is 2.53 bits per heavy atom. The fourth-order valence-electron chi connectivity index (χ4n) is 3.60. The Kier molecular flexibility index (Phi) is 6.19. The SMILES string of the molecule is Cc1ccccc1OCCCCC(O)COc1ccc2[nH]c3ccc(F)cc3c2c1. The Morgan fingerprint density at radius 1 is 0.933 bits per heavy atom. The van der Waals surface area contributed by atoms with Crippen molar-refractivity contribution in [2.75, 3.05) is 13.2 Å². The second-order valence-corrected chi connectivity index (χ2v) is 7.60. The van der Waals surface area contributed by atoms with Crippen LogP contribution in [0.25, 0.3) is 21.8 Å². The molecule has 0 spiro atoms. The van der Waals surface area contributed by atoms with E-state index in [1.54, 1.807) is 6.07 Å². The molecule has 1 unspecified atom stereocenters. The number of fused-ring (bicyclic) bond motifs is 3. The monoisotopic (exact) mass is 407 g/mol. The average Bonchev–Trinajstić information content (AvgIpc) is 3.10. The van der Waals surface area contributed by atoms with E-state index in [0.29, 0.717) is 18.8 Å². The number of aliphatic hydroxyl groups excluding tert-OH is 1. The summed E-state index contributed by atoms with van der Waals surface area (Å²) in [6.07, 6.45) is 1.84. The van der Waals surface area contributed by atoms with Crippen LogP contribution in [0.3, 0.4) is 0 Å². The summed E-state index contributed by atoms with van der Waals surface area (Å²) in [7, 11) is 0. The Morgan fingerprint density at radius 2 is 1.70 bits per heavy atom. The molecule has 4 rings (SSSR count). The van der Waals surface area contributed by atoms with Crippen LogP contribution in [0.4, 0.5) is 4.39 Å². The maximum atomic E-state index is 13.6. The van der Waals surface area contributed by atoms with Gasteiger partial charge in [0.05, 0.1) is 12.7 Å². The summed E-state index contributed by atoms with van der Waals surface area (Å²) >= 11 is 0. The van der Waals surface area contributed by atoms with Crippen molar-refractivity contribution in [3.63, 3.8) is 0 Å². The third-order valence-electron chi connectivity index (χ3n) is 5.26. The Labute approximate surface area is 175 Å². The number of halogens is 1. The third-order valence-corrected chi connectivity index (χ3v) is 5.26. The van der Waals surface area contributed by atoms with Crippen LogP contribution in [-0.4, -0.2) is 29.4 Å². The van der Waals surface area contributed by atoms with E-state index in [-0.39, 0.29) is 12.4 Å². The molecule has 1 aromatic heterocycles. The molecular formula is C25H26FNO3. The van der Waals surface area contributed by atoms with Crippen molar-refractivity contribution in [1.82, 2.24) is 4.98 Å². The minimum absolute atomic E-state index is 0.223. The number of hydrogen-bond donors (Lipinski definition) is 2. The van der Waals surface area contributed by atoms with Crippen LogP contribution >= 0.6 is 0 Å². The molecule has 4 aromatic rings. The first-order valence-electron chi connectivity index (χ1n) is 10.3. The molecule has 0 bridgehead atoms. The number of hydrogen-bond acceptors (Lipinski definition) is 3. The fraction of sp³-hybridized carbons (Fsp3) is 0.280. The Bertz CT molecular complexity index is 1140. The molecule has 1 heterocycles. The molecule has 1 atom stereocenters. The van der Waals surface area contributed by atoms with Crippen LogP contribution in [0.1, 0.15) is 24.8 Å². The van der Waals surface area contributed by atoms with Gasteiger partial charge in [-0.15, -0.1) is 0 Å². The van der Waals surface area contributed by atoms with Crippen LogP contribution in [-0.2, 0) is 0 Å². The van der Waals surface area contributed by atoms with Gasteiger partial charge in [0.15, 0.2) is 0 Å². The zero-order valence-corrected chi connectivity index (χ0v) is 17.0. The van der Waals surface area contributed by atoms with Gasteiger partial charge in [-0.1, -0.05) is 18.2 Å². The molecule has 30 heavy (non-hydrogen) atoms. The molecule has 3 aromatic carbocycles. The number of aromatic nitrogens is 1. The van der Waals surface area contributed by atoms with E-state index in [1.807, 2.05) is 49.4 Å². The number of rotatable bonds is 9. The van der Waals surface area contributed by atoms with Crippen molar-refractivity contribution in [1.29, 1.82) is 0 Å². The number of benzene rings is 3. The summed E-state index contributed by atoms with van der Waals surface area (Å²) in [4.78, 5) is 3.27. The molecule has 0 radical (unpaired) electrons. The molecule has 0 saturated carbocycles. The van der Waals surface area contributed by atoms with Gasteiger partial charge in [0.1, 0.15) is 23.9 Å². The van der Waals surface area contributed by atoms with Crippen molar-refractivity contribution in [2.24, 2.45) is 0 Å². The van der Waals surface area contributed by atoms with Crippen molar-refractivity contribution in [3.05, 3.63) is 72.0 Å². The molecule has 2 N–H and O–H groups in total. The number of H-pyrrole nitrogens is 1. The lowest BCUT2D eigenvalue weighted by atomic mass is 10.1. The van der Waals surface area contributed by atoms with Gasteiger partial charge in [-0.3, -0.25) is 0 Å².